The molecular weight excluding hydrogens is 312 g/mol. The van der Waals surface area contributed by atoms with Crippen molar-refractivity contribution in [3.05, 3.63) is 59.8 Å². The molecule has 4 rings (SSSR count). The van der Waals surface area contributed by atoms with E-state index in [1.165, 1.54) is 6.42 Å². The van der Waals surface area contributed by atoms with Gasteiger partial charge in [-0.2, -0.15) is 10.4 Å². The fourth-order valence-corrected chi connectivity index (χ4v) is 3.41. The SMILES string of the molecule is N#Cc1cccc(-c2cccc3c(C(=O)N4CCCCC4)cnn23)c1. The van der Waals surface area contributed by atoms with Crippen molar-refractivity contribution < 1.29 is 4.79 Å². The fourth-order valence-electron chi connectivity index (χ4n) is 3.41. The van der Waals surface area contributed by atoms with Gasteiger partial charge < -0.3 is 4.90 Å². The summed E-state index contributed by atoms with van der Waals surface area (Å²) in [6.45, 7) is 1.64. The van der Waals surface area contributed by atoms with Crippen molar-refractivity contribution in [3.63, 3.8) is 0 Å². The van der Waals surface area contributed by atoms with Crippen molar-refractivity contribution in [1.82, 2.24) is 14.5 Å². The molecule has 0 unspecified atom stereocenters. The van der Waals surface area contributed by atoms with Crippen LogP contribution in [0, 0.1) is 11.3 Å². The predicted molar refractivity (Wildman–Crippen MR) is 95.1 cm³/mol. The number of hydrogen-bond donors (Lipinski definition) is 0. The van der Waals surface area contributed by atoms with E-state index < -0.39 is 0 Å². The highest BCUT2D eigenvalue weighted by molar-refractivity contribution is 6.01. The Hall–Kier alpha value is -3.13. The van der Waals surface area contributed by atoms with Crippen molar-refractivity contribution in [1.29, 1.82) is 5.26 Å². The average molecular weight is 330 g/mol. The van der Waals surface area contributed by atoms with Gasteiger partial charge in [0.25, 0.3) is 5.91 Å². The van der Waals surface area contributed by atoms with E-state index in [0.717, 1.165) is 42.7 Å². The molecule has 1 aromatic carbocycles. The number of carbonyl (C=O) groups excluding carboxylic acids is 1. The van der Waals surface area contributed by atoms with Crippen LogP contribution in [0.25, 0.3) is 16.8 Å². The number of benzene rings is 1. The lowest BCUT2D eigenvalue weighted by molar-refractivity contribution is 0.0726. The molecule has 5 heteroatoms. The van der Waals surface area contributed by atoms with Crippen molar-refractivity contribution in [3.8, 4) is 17.3 Å². The second kappa shape index (κ2) is 6.40. The molecule has 1 saturated heterocycles. The molecule has 2 aromatic heterocycles. The summed E-state index contributed by atoms with van der Waals surface area (Å²) in [5, 5.41) is 13.6. The Morgan fingerprint density at radius 1 is 1.08 bits per heavy atom. The molecule has 3 heterocycles. The van der Waals surface area contributed by atoms with Gasteiger partial charge in [-0.25, -0.2) is 4.52 Å². The molecule has 25 heavy (non-hydrogen) atoms. The van der Waals surface area contributed by atoms with E-state index in [9.17, 15) is 4.79 Å². The summed E-state index contributed by atoms with van der Waals surface area (Å²) in [5.41, 5.74) is 3.82. The Morgan fingerprint density at radius 2 is 1.88 bits per heavy atom. The van der Waals surface area contributed by atoms with Crippen LogP contribution >= 0.6 is 0 Å². The van der Waals surface area contributed by atoms with Gasteiger partial charge in [-0.05, 0) is 43.5 Å². The maximum Gasteiger partial charge on any atom is 0.257 e. The molecule has 0 N–H and O–H groups in total. The molecule has 1 aliphatic rings. The third-order valence-electron chi connectivity index (χ3n) is 4.70. The molecule has 0 saturated carbocycles. The van der Waals surface area contributed by atoms with Gasteiger partial charge in [0.1, 0.15) is 0 Å². The maximum absolute atomic E-state index is 12.9. The summed E-state index contributed by atoms with van der Waals surface area (Å²) >= 11 is 0. The van der Waals surface area contributed by atoms with E-state index in [4.69, 9.17) is 5.26 Å². The number of rotatable bonds is 2. The van der Waals surface area contributed by atoms with E-state index in [-0.39, 0.29) is 5.91 Å². The summed E-state index contributed by atoms with van der Waals surface area (Å²) in [6, 6.07) is 15.4. The number of carbonyl (C=O) groups is 1. The highest BCUT2D eigenvalue weighted by Crippen LogP contribution is 2.24. The number of nitrogens with zero attached hydrogens (tertiary/aromatic N) is 4. The van der Waals surface area contributed by atoms with Gasteiger partial charge in [0, 0.05) is 18.7 Å². The molecule has 0 radical (unpaired) electrons. The first-order valence-corrected chi connectivity index (χ1v) is 8.54. The Labute approximate surface area is 146 Å². The number of piperidine rings is 1. The lowest BCUT2D eigenvalue weighted by Gasteiger charge is -2.26. The molecule has 0 bridgehead atoms. The lowest BCUT2D eigenvalue weighted by Crippen LogP contribution is -2.35. The van der Waals surface area contributed by atoms with Crippen LogP contribution in [-0.2, 0) is 0 Å². The van der Waals surface area contributed by atoms with Crippen LogP contribution in [0.4, 0.5) is 0 Å². The average Bonchev–Trinajstić information content (AvgIpc) is 3.12. The van der Waals surface area contributed by atoms with Gasteiger partial charge in [-0.1, -0.05) is 18.2 Å². The molecule has 1 amide bonds. The molecule has 0 aliphatic carbocycles. The van der Waals surface area contributed by atoms with Crippen molar-refractivity contribution in [2.45, 2.75) is 19.3 Å². The number of hydrogen-bond acceptors (Lipinski definition) is 3. The molecule has 1 aliphatic heterocycles. The first kappa shape index (κ1) is 15.4. The molecule has 0 atom stereocenters. The molecule has 124 valence electrons. The van der Waals surface area contributed by atoms with Crippen LogP contribution in [-0.4, -0.2) is 33.5 Å². The van der Waals surface area contributed by atoms with Crippen LogP contribution in [0.5, 0.6) is 0 Å². The molecule has 3 aromatic rings. The third-order valence-corrected chi connectivity index (χ3v) is 4.70. The van der Waals surface area contributed by atoms with E-state index in [1.807, 2.05) is 41.3 Å². The summed E-state index contributed by atoms with van der Waals surface area (Å²) in [6.07, 6.45) is 4.98. The molecule has 1 fully saturated rings. The quantitative estimate of drug-likeness (QED) is 0.722. The summed E-state index contributed by atoms with van der Waals surface area (Å²) in [5.74, 6) is 0.0534. The van der Waals surface area contributed by atoms with Gasteiger partial charge in [-0.15, -0.1) is 0 Å². The van der Waals surface area contributed by atoms with Gasteiger partial charge in [-0.3, -0.25) is 4.79 Å². The minimum Gasteiger partial charge on any atom is -0.339 e. The smallest absolute Gasteiger partial charge is 0.257 e. The zero-order valence-corrected chi connectivity index (χ0v) is 13.9. The zero-order chi connectivity index (χ0) is 17.2. The number of fused-ring (bicyclic) bond motifs is 1. The Bertz CT molecular complexity index is 977. The number of nitriles is 1. The minimum absolute atomic E-state index is 0.0534. The Morgan fingerprint density at radius 3 is 2.68 bits per heavy atom. The second-order valence-corrected chi connectivity index (χ2v) is 6.31. The van der Waals surface area contributed by atoms with Gasteiger partial charge >= 0.3 is 0 Å². The topological polar surface area (TPSA) is 61.4 Å². The van der Waals surface area contributed by atoms with Crippen LogP contribution in [0.15, 0.2) is 48.7 Å². The van der Waals surface area contributed by atoms with E-state index >= 15 is 0 Å². The van der Waals surface area contributed by atoms with Crippen molar-refractivity contribution in [2.24, 2.45) is 0 Å². The monoisotopic (exact) mass is 330 g/mol. The number of aromatic nitrogens is 2. The Balaban J connectivity index is 1.78. The molecule has 0 spiro atoms. The van der Waals surface area contributed by atoms with Crippen LogP contribution in [0.2, 0.25) is 0 Å². The summed E-state index contributed by atoms with van der Waals surface area (Å²) in [7, 11) is 0. The van der Waals surface area contributed by atoms with Gasteiger partial charge in [0.2, 0.25) is 0 Å². The largest absolute Gasteiger partial charge is 0.339 e. The van der Waals surface area contributed by atoms with Crippen molar-refractivity contribution in [2.75, 3.05) is 13.1 Å². The molecule has 5 nitrogen and oxygen atoms in total. The minimum atomic E-state index is 0.0534. The summed E-state index contributed by atoms with van der Waals surface area (Å²) < 4.78 is 1.79. The lowest BCUT2D eigenvalue weighted by atomic mass is 10.1. The summed E-state index contributed by atoms with van der Waals surface area (Å²) in [4.78, 5) is 14.8. The normalized spacial score (nSPS) is 14.4. The Kier molecular flexibility index (Phi) is 3.95. The zero-order valence-electron chi connectivity index (χ0n) is 13.9. The number of pyridine rings is 1. The standard InChI is InChI=1S/C20H18N4O/c21-13-15-6-4-7-16(12-15)18-8-5-9-19-17(14-22-24(18)19)20(25)23-10-2-1-3-11-23/h4-9,12,14H,1-3,10-11H2. The third kappa shape index (κ3) is 2.76. The predicted octanol–water partition coefficient (Wildman–Crippen LogP) is 3.50. The van der Waals surface area contributed by atoms with E-state index in [0.29, 0.717) is 11.1 Å². The van der Waals surface area contributed by atoms with Gasteiger partial charge in [0.05, 0.1) is 34.6 Å². The highest BCUT2D eigenvalue weighted by Gasteiger charge is 2.22. The van der Waals surface area contributed by atoms with E-state index in [2.05, 4.69) is 11.2 Å². The number of likely N-dealkylation sites (tertiary alicyclic amines) is 1. The highest BCUT2D eigenvalue weighted by atomic mass is 16.2. The van der Waals surface area contributed by atoms with Crippen LogP contribution in [0.3, 0.4) is 0 Å². The fraction of sp³-hybridized carbons (Fsp3) is 0.250. The van der Waals surface area contributed by atoms with E-state index in [1.54, 1.807) is 16.8 Å². The maximum atomic E-state index is 12.9. The number of amides is 1. The van der Waals surface area contributed by atoms with Crippen LogP contribution in [0.1, 0.15) is 35.2 Å². The second-order valence-electron chi connectivity index (χ2n) is 6.31. The van der Waals surface area contributed by atoms with Crippen molar-refractivity contribution >= 4 is 11.4 Å². The molecular formula is C20H18N4O. The van der Waals surface area contributed by atoms with Gasteiger partial charge in [0.15, 0.2) is 0 Å². The van der Waals surface area contributed by atoms with Crippen LogP contribution < -0.4 is 0 Å². The first-order valence-electron chi connectivity index (χ1n) is 8.54. The first-order chi connectivity index (χ1) is 12.3.